The lowest BCUT2D eigenvalue weighted by Crippen LogP contribution is -2.54. The maximum Gasteiger partial charge on any atom is 0.326 e. The molecule has 0 aliphatic heterocycles. The molecule has 0 aromatic rings. The van der Waals surface area contributed by atoms with Crippen LogP contribution in [0.1, 0.15) is 39.5 Å². The van der Waals surface area contributed by atoms with E-state index in [0.29, 0.717) is 0 Å². The monoisotopic (exact) mass is 417 g/mol. The Balaban J connectivity index is 4.76. The minimum Gasteiger partial charge on any atom is -0.481 e. The number of carboxylic acid groups (broad SMARTS) is 2. The van der Waals surface area contributed by atoms with Gasteiger partial charge in [-0.2, -0.15) is 0 Å². The van der Waals surface area contributed by atoms with Gasteiger partial charge >= 0.3 is 18.0 Å². The van der Waals surface area contributed by atoms with Gasteiger partial charge < -0.3 is 37.2 Å². The highest BCUT2D eigenvalue weighted by Crippen LogP contribution is 2.01. The van der Waals surface area contributed by atoms with Gasteiger partial charge in [0.1, 0.15) is 18.1 Å². The Kier molecular flexibility index (Phi) is 11.4. The lowest BCUT2D eigenvalue weighted by Gasteiger charge is -2.22. The zero-order valence-electron chi connectivity index (χ0n) is 16.2. The van der Waals surface area contributed by atoms with E-state index in [-0.39, 0.29) is 32.2 Å². The number of carbonyl (C=O) groups is 6. The van der Waals surface area contributed by atoms with Crippen LogP contribution in [-0.4, -0.2) is 70.6 Å². The molecule has 13 heteroatoms. The predicted molar refractivity (Wildman–Crippen MR) is 98.5 cm³/mol. The number of amides is 5. The van der Waals surface area contributed by atoms with E-state index >= 15 is 0 Å². The second-order valence-electron chi connectivity index (χ2n) is 6.25. The van der Waals surface area contributed by atoms with Crippen molar-refractivity contribution in [3.8, 4) is 0 Å². The number of hydrogen-bond donors (Lipinski definition) is 7. The summed E-state index contributed by atoms with van der Waals surface area (Å²) >= 11 is 0. The van der Waals surface area contributed by atoms with Crippen molar-refractivity contribution in [2.24, 2.45) is 5.73 Å². The Morgan fingerprint density at radius 2 is 1.52 bits per heavy atom. The number of aliphatic carboxylic acids is 2. The van der Waals surface area contributed by atoms with Crippen LogP contribution in [0, 0.1) is 0 Å². The molecule has 0 radical (unpaired) electrons. The molecule has 0 saturated carbocycles. The van der Waals surface area contributed by atoms with E-state index in [2.05, 4.69) is 21.3 Å². The molecule has 0 aliphatic rings. The summed E-state index contributed by atoms with van der Waals surface area (Å²) in [6.45, 7) is 2.59. The number of urea groups is 1. The number of carbonyl (C=O) groups excluding carboxylic acids is 4. The highest BCUT2D eigenvalue weighted by atomic mass is 16.4. The fourth-order valence-corrected chi connectivity index (χ4v) is 2.23. The largest absolute Gasteiger partial charge is 0.481 e. The molecule has 8 N–H and O–H groups in total. The average molecular weight is 417 g/mol. The number of nitrogens with one attached hydrogen (secondary N) is 4. The molecule has 0 rings (SSSR count). The van der Waals surface area contributed by atoms with Crippen LogP contribution in [0.3, 0.4) is 0 Å². The van der Waals surface area contributed by atoms with Gasteiger partial charge in [0, 0.05) is 19.9 Å². The van der Waals surface area contributed by atoms with Crippen LogP contribution >= 0.6 is 0 Å². The Labute approximate surface area is 166 Å². The normalized spacial score (nSPS) is 13.3. The topological polar surface area (TPSA) is 217 Å². The first-order valence-electron chi connectivity index (χ1n) is 8.79. The first-order valence-corrected chi connectivity index (χ1v) is 8.79. The first-order chi connectivity index (χ1) is 13.4. The third kappa shape index (κ3) is 11.8. The molecule has 0 aromatic heterocycles. The minimum absolute atomic E-state index is 0.00908. The summed E-state index contributed by atoms with van der Waals surface area (Å²) in [4.78, 5) is 68.1. The molecule has 0 bridgehead atoms. The third-order valence-corrected chi connectivity index (χ3v) is 3.68. The third-order valence-electron chi connectivity index (χ3n) is 3.68. The average Bonchev–Trinajstić information content (AvgIpc) is 2.59. The lowest BCUT2D eigenvalue weighted by atomic mass is 10.1. The number of primary amides is 1. The Bertz CT molecular complexity index is 639. The fraction of sp³-hybridized carbons (Fsp3) is 0.625. The lowest BCUT2D eigenvalue weighted by molar-refractivity contribution is -0.142. The molecule has 0 aromatic carbocycles. The molecule has 164 valence electrons. The van der Waals surface area contributed by atoms with Crippen LogP contribution in [-0.2, 0) is 24.0 Å². The van der Waals surface area contributed by atoms with Crippen LogP contribution < -0.4 is 27.0 Å². The van der Waals surface area contributed by atoms with E-state index in [1.54, 1.807) is 0 Å². The summed E-state index contributed by atoms with van der Waals surface area (Å²) in [5, 5.41) is 27.1. The summed E-state index contributed by atoms with van der Waals surface area (Å²) in [6, 6.07) is -4.31. The van der Waals surface area contributed by atoms with Crippen molar-refractivity contribution >= 4 is 35.7 Å². The molecule has 29 heavy (non-hydrogen) atoms. The molecule has 0 fully saturated rings. The first kappa shape index (κ1) is 25.6. The van der Waals surface area contributed by atoms with Gasteiger partial charge in [0.15, 0.2) is 0 Å². The molecule has 0 saturated heterocycles. The summed E-state index contributed by atoms with van der Waals surface area (Å²) in [5.41, 5.74) is 4.89. The Morgan fingerprint density at radius 1 is 0.897 bits per heavy atom. The molecular formula is C16H27N5O8. The highest BCUT2D eigenvalue weighted by Gasteiger charge is 2.27. The quantitative estimate of drug-likeness (QED) is 0.164. The number of hydrogen-bond acceptors (Lipinski definition) is 6. The molecule has 13 nitrogen and oxygen atoms in total. The van der Waals surface area contributed by atoms with Crippen LogP contribution in [0.5, 0.6) is 0 Å². The van der Waals surface area contributed by atoms with Crippen molar-refractivity contribution in [2.75, 3.05) is 6.54 Å². The number of rotatable bonds is 13. The van der Waals surface area contributed by atoms with E-state index < -0.39 is 53.8 Å². The maximum absolute atomic E-state index is 12.2. The summed E-state index contributed by atoms with van der Waals surface area (Å²) < 4.78 is 0. The molecule has 3 atom stereocenters. The van der Waals surface area contributed by atoms with Gasteiger partial charge in [-0.1, -0.05) is 0 Å². The predicted octanol–water partition coefficient (Wildman–Crippen LogP) is -2.12. The van der Waals surface area contributed by atoms with Gasteiger partial charge in [-0.15, -0.1) is 0 Å². The fourth-order valence-electron chi connectivity index (χ4n) is 2.23. The van der Waals surface area contributed by atoms with Gasteiger partial charge in [-0.25, -0.2) is 9.59 Å². The van der Waals surface area contributed by atoms with E-state index in [4.69, 9.17) is 10.8 Å². The van der Waals surface area contributed by atoms with Crippen molar-refractivity contribution < 1.29 is 39.0 Å². The SMILES string of the molecule is CC(=O)N[C@@H](CCC(=O)O)C(=O)N[C@@H](C)C(=O)N[C@@H](CCCNC(N)=O)C(=O)O. The van der Waals surface area contributed by atoms with Crippen molar-refractivity contribution in [1.29, 1.82) is 0 Å². The summed E-state index contributed by atoms with van der Waals surface area (Å²) in [5.74, 6) is -4.57. The molecule has 5 amide bonds. The van der Waals surface area contributed by atoms with Crippen LogP contribution in [0.2, 0.25) is 0 Å². The van der Waals surface area contributed by atoms with Crippen molar-refractivity contribution in [2.45, 2.75) is 57.7 Å². The zero-order valence-corrected chi connectivity index (χ0v) is 16.2. The van der Waals surface area contributed by atoms with Gasteiger partial charge in [0.2, 0.25) is 17.7 Å². The van der Waals surface area contributed by atoms with Crippen LogP contribution in [0.15, 0.2) is 0 Å². The van der Waals surface area contributed by atoms with Crippen LogP contribution in [0.4, 0.5) is 4.79 Å². The molecule has 0 unspecified atom stereocenters. The van der Waals surface area contributed by atoms with E-state index in [1.165, 1.54) is 6.92 Å². The summed E-state index contributed by atoms with van der Waals surface area (Å²) in [6.07, 6.45) is -0.311. The standard InChI is InChI=1S/C16H27N5O8/c1-8(19-14(26)10(20-9(2)22)5-6-12(23)24)13(25)21-11(15(27)28)4-3-7-18-16(17)29/h8,10-11H,3-7H2,1-2H3,(H,19,26)(H,20,22)(H,21,25)(H,23,24)(H,27,28)(H3,17,18,29)/t8-,10-,11-/m0/s1. The Morgan fingerprint density at radius 3 is 2.00 bits per heavy atom. The van der Waals surface area contributed by atoms with Gasteiger partial charge in [-0.3, -0.25) is 19.2 Å². The van der Waals surface area contributed by atoms with Gasteiger partial charge in [-0.05, 0) is 26.2 Å². The van der Waals surface area contributed by atoms with Gasteiger partial charge in [0.25, 0.3) is 0 Å². The minimum atomic E-state index is -1.30. The van der Waals surface area contributed by atoms with E-state index in [0.717, 1.165) is 6.92 Å². The van der Waals surface area contributed by atoms with Crippen molar-refractivity contribution in [3.05, 3.63) is 0 Å². The second-order valence-corrected chi connectivity index (χ2v) is 6.25. The zero-order chi connectivity index (χ0) is 22.6. The van der Waals surface area contributed by atoms with Gasteiger partial charge in [0.05, 0.1) is 0 Å². The smallest absolute Gasteiger partial charge is 0.326 e. The summed E-state index contributed by atoms with van der Waals surface area (Å²) in [7, 11) is 0. The molecule has 0 aliphatic carbocycles. The molecular weight excluding hydrogens is 390 g/mol. The highest BCUT2D eigenvalue weighted by molar-refractivity contribution is 5.93. The second kappa shape index (κ2) is 12.9. The van der Waals surface area contributed by atoms with Crippen molar-refractivity contribution in [1.82, 2.24) is 21.3 Å². The molecule has 0 spiro atoms. The molecule has 0 heterocycles. The number of nitrogens with two attached hydrogens (primary N) is 1. The van der Waals surface area contributed by atoms with E-state index in [9.17, 15) is 33.9 Å². The van der Waals surface area contributed by atoms with E-state index in [1.807, 2.05) is 0 Å². The van der Waals surface area contributed by atoms with Crippen LogP contribution in [0.25, 0.3) is 0 Å². The Hall–Kier alpha value is -3.38. The maximum atomic E-state index is 12.2. The number of carboxylic acids is 2. The van der Waals surface area contributed by atoms with Crippen molar-refractivity contribution in [3.63, 3.8) is 0 Å².